The Bertz CT molecular complexity index is 1010. The van der Waals surface area contributed by atoms with Crippen LogP contribution in [0.4, 0.5) is 11.5 Å². The number of rotatable bonds is 8. The lowest BCUT2D eigenvalue weighted by Gasteiger charge is -2.37. The predicted molar refractivity (Wildman–Crippen MR) is 128 cm³/mol. The van der Waals surface area contributed by atoms with E-state index in [2.05, 4.69) is 49.4 Å². The van der Waals surface area contributed by atoms with Crippen LogP contribution in [-0.2, 0) is 11.3 Å². The average Bonchev–Trinajstić information content (AvgIpc) is 2.87. The number of carbonyl (C=O) groups is 1. The van der Waals surface area contributed by atoms with Gasteiger partial charge in [0.05, 0.1) is 12.9 Å². The van der Waals surface area contributed by atoms with Gasteiger partial charge in [-0.15, -0.1) is 0 Å². The van der Waals surface area contributed by atoms with Crippen molar-refractivity contribution in [2.24, 2.45) is 0 Å². The second kappa shape index (κ2) is 10.9. The minimum Gasteiger partial charge on any atom is -0.497 e. The Labute approximate surface area is 192 Å². The fourth-order valence-electron chi connectivity index (χ4n) is 3.58. The van der Waals surface area contributed by atoms with E-state index in [9.17, 15) is 4.79 Å². The summed E-state index contributed by atoms with van der Waals surface area (Å²) in [7, 11) is 1.64. The maximum Gasteiger partial charge on any atom is 0.230 e. The molecule has 0 spiro atoms. The minimum absolute atomic E-state index is 0.0312. The highest BCUT2D eigenvalue weighted by molar-refractivity contribution is 8.00. The first-order chi connectivity index (χ1) is 15.7. The summed E-state index contributed by atoms with van der Waals surface area (Å²) in [5, 5.41) is 3.75. The molecule has 1 aliphatic rings. The molecule has 2 aromatic carbocycles. The van der Waals surface area contributed by atoms with E-state index in [0.29, 0.717) is 12.3 Å². The fraction of sp³-hybridized carbons (Fsp3) is 0.292. The normalized spacial score (nSPS) is 13.7. The van der Waals surface area contributed by atoms with Gasteiger partial charge in [0.15, 0.2) is 5.82 Å². The number of methoxy groups -OCH3 is 1. The van der Waals surface area contributed by atoms with Crippen LogP contribution < -0.4 is 19.9 Å². The highest BCUT2D eigenvalue weighted by atomic mass is 32.2. The van der Waals surface area contributed by atoms with Crippen molar-refractivity contribution in [2.75, 3.05) is 48.8 Å². The summed E-state index contributed by atoms with van der Waals surface area (Å²) in [5.41, 5.74) is 2.27. The van der Waals surface area contributed by atoms with Gasteiger partial charge in [-0.2, -0.15) is 0 Å². The topological polar surface area (TPSA) is 70.6 Å². The molecule has 32 heavy (non-hydrogen) atoms. The van der Waals surface area contributed by atoms with Gasteiger partial charge < -0.3 is 19.9 Å². The van der Waals surface area contributed by atoms with E-state index in [4.69, 9.17) is 4.74 Å². The van der Waals surface area contributed by atoms with Gasteiger partial charge in [-0.3, -0.25) is 4.79 Å². The second-order valence-electron chi connectivity index (χ2n) is 7.41. The molecule has 1 aromatic heterocycles. The molecule has 1 aliphatic heterocycles. The zero-order valence-electron chi connectivity index (χ0n) is 18.1. The van der Waals surface area contributed by atoms with E-state index >= 15 is 0 Å². The summed E-state index contributed by atoms with van der Waals surface area (Å²) in [5.74, 6) is 1.92. The summed E-state index contributed by atoms with van der Waals surface area (Å²) < 4.78 is 5.16. The number of anilines is 2. The Kier molecular flexibility index (Phi) is 7.45. The summed E-state index contributed by atoms with van der Waals surface area (Å²) >= 11 is 1.43. The van der Waals surface area contributed by atoms with Crippen LogP contribution in [0.1, 0.15) is 5.56 Å². The molecule has 166 valence electrons. The Hall–Kier alpha value is -3.26. The first-order valence-corrected chi connectivity index (χ1v) is 11.6. The van der Waals surface area contributed by atoms with Crippen LogP contribution in [-0.4, -0.2) is 54.9 Å². The number of para-hydroxylation sites is 1. The number of piperazine rings is 1. The molecule has 7 nitrogen and oxygen atoms in total. The minimum atomic E-state index is -0.0312. The van der Waals surface area contributed by atoms with Gasteiger partial charge in [0, 0.05) is 50.8 Å². The molecule has 0 saturated carbocycles. The van der Waals surface area contributed by atoms with E-state index in [1.807, 2.05) is 30.3 Å². The van der Waals surface area contributed by atoms with Crippen LogP contribution in [0.3, 0.4) is 0 Å². The molecule has 1 N–H and O–H groups in total. The Morgan fingerprint density at radius 1 is 0.969 bits per heavy atom. The molecule has 8 heteroatoms. The summed E-state index contributed by atoms with van der Waals surface area (Å²) in [4.78, 5) is 26.1. The standard InChI is InChI=1S/C24H27N5O2S/c1-31-21-9-7-19(8-10-21)17-27-22(30)18-32-24-23(25-11-12-26-24)29-15-13-28(14-16-29)20-5-3-2-4-6-20/h2-12H,13-18H2,1H3,(H,27,30). The van der Waals surface area contributed by atoms with Gasteiger partial charge in [-0.25, -0.2) is 9.97 Å². The Morgan fingerprint density at radius 3 is 2.38 bits per heavy atom. The van der Waals surface area contributed by atoms with Crippen molar-refractivity contribution in [1.82, 2.24) is 15.3 Å². The first kappa shape index (κ1) is 22.0. The summed E-state index contributed by atoms with van der Waals surface area (Å²) in [6, 6.07) is 18.1. The largest absolute Gasteiger partial charge is 0.497 e. The molecule has 0 atom stereocenters. The third-order valence-corrected chi connectivity index (χ3v) is 6.30. The van der Waals surface area contributed by atoms with Crippen LogP contribution in [0.5, 0.6) is 5.75 Å². The van der Waals surface area contributed by atoms with Crippen LogP contribution in [0, 0.1) is 0 Å². The van der Waals surface area contributed by atoms with Crippen LogP contribution in [0.15, 0.2) is 72.0 Å². The maximum absolute atomic E-state index is 12.4. The van der Waals surface area contributed by atoms with Crippen molar-refractivity contribution < 1.29 is 9.53 Å². The third kappa shape index (κ3) is 5.70. The van der Waals surface area contributed by atoms with Crippen molar-refractivity contribution in [3.63, 3.8) is 0 Å². The highest BCUT2D eigenvalue weighted by Gasteiger charge is 2.21. The lowest BCUT2D eigenvalue weighted by atomic mass is 10.2. The number of amides is 1. The summed E-state index contributed by atoms with van der Waals surface area (Å²) in [6.45, 7) is 4.06. The number of nitrogens with one attached hydrogen (secondary N) is 1. The smallest absolute Gasteiger partial charge is 0.230 e. The van der Waals surface area contributed by atoms with Gasteiger partial charge in [0.25, 0.3) is 0 Å². The third-order valence-electron chi connectivity index (χ3n) is 5.34. The van der Waals surface area contributed by atoms with Crippen molar-refractivity contribution in [1.29, 1.82) is 0 Å². The predicted octanol–water partition coefficient (Wildman–Crippen LogP) is 3.22. The summed E-state index contributed by atoms with van der Waals surface area (Å²) in [6.07, 6.45) is 3.40. The van der Waals surface area contributed by atoms with E-state index < -0.39 is 0 Å². The average molecular weight is 450 g/mol. The van der Waals surface area contributed by atoms with Crippen LogP contribution in [0.2, 0.25) is 0 Å². The van der Waals surface area contributed by atoms with Crippen molar-refractivity contribution in [3.8, 4) is 5.75 Å². The van der Waals surface area contributed by atoms with E-state index in [1.165, 1.54) is 17.4 Å². The number of aromatic nitrogens is 2. The number of benzene rings is 2. The SMILES string of the molecule is COc1ccc(CNC(=O)CSc2nccnc2N2CCN(c3ccccc3)CC2)cc1. The fourth-order valence-corrected chi connectivity index (χ4v) is 4.40. The molecule has 0 radical (unpaired) electrons. The molecule has 1 saturated heterocycles. The number of ether oxygens (including phenoxy) is 1. The molecule has 2 heterocycles. The molecule has 0 bridgehead atoms. The lowest BCUT2D eigenvalue weighted by Crippen LogP contribution is -2.47. The zero-order valence-corrected chi connectivity index (χ0v) is 18.9. The first-order valence-electron chi connectivity index (χ1n) is 10.6. The van der Waals surface area contributed by atoms with E-state index in [1.54, 1.807) is 19.5 Å². The number of carbonyl (C=O) groups excluding carboxylic acids is 1. The Morgan fingerprint density at radius 2 is 1.66 bits per heavy atom. The number of hydrogen-bond donors (Lipinski definition) is 1. The molecule has 0 aliphatic carbocycles. The lowest BCUT2D eigenvalue weighted by molar-refractivity contribution is -0.118. The molecular weight excluding hydrogens is 422 g/mol. The number of nitrogens with zero attached hydrogens (tertiary/aromatic N) is 4. The molecule has 0 unspecified atom stereocenters. The van der Waals surface area contributed by atoms with Gasteiger partial charge >= 0.3 is 0 Å². The van der Waals surface area contributed by atoms with Gasteiger partial charge in [-0.05, 0) is 29.8 Å². The van der Waals surface area contributed by atoms with Crippen molar-refractivity contribution >= 4 is 29.2 Å². The molecule has 1 amide bonds. The highest BCUT2D eigenvalue weighted by Crippen LogP contribution is 2.27. The number of hydrogen-bond acceptors (Lipinski definition) is 7. The van der Waals surface area contributed by atoms with Gasteiger partial charge in [-0.1, -0.05) is 42.1 Å². The quantitative estimate of drug-likeness (QED) is 0.530. The van der Waals surface area contributed by atoms with Crippen LogP contribution >= 0.6 is 11.8 Å². The zero-order chi connectivity index (χ0) is 22.2. The Balaban J connectivity index is 1.29. The van der Waals surface area contributed by atoms with Crippen LogP contribution in [0.25, 0.3) is 0 Å². The molecule has 3 aromatic rings. The van der Waals surface area contributed by atoms with Gasteiger partial charge in [0.2, 0.25) is 5.91 Å². The van der Waals surface area contributed by atoms with E-state index in [0.717, 1.165) is 48.3 Å². The maximum atomic E-state index is 12.4. The second-order valence-corrected chi connectivity index (χ2v) is 8.37. The number of thioether (sulfide) groups is 1. The van der Waals surface area contributed by atoms with Gasteiger partial charge in [0.1, 0.15) is 10.8 Å². The molecule has 4 rings (SSSR count). The van der Waals surface area contributed by atoms with Crippen molar-refractivity contribution in [2.45, 2.75) is 11.6 Å². The van der Waals surface area contributed by atoms with E-state index in [-0.39, 0.29) is 5.91 Å². The molecule has 1 fully saturated rings. The molecular formula is C24H27N5O2S. The monoisotopic (exact) mass is 449 g/mol. The van der Waals surface area contributed by atoms with Crippen molar-refractivity contribution in [3.05, 3.63) is 72.6 Å².